The average molecular weight is 335 g/mol. The van der Waals surface area contributed by atoms with Crippen molar-refractivity contribution in [2.45, 2.75) is 30.3 Å². The van der Waals surface area contributed by atoms with Crippen molar-refractivity contribution in [3.63, 3.8) is 0 Å². The van der Waals surface area contributed by atoms with Crippen LogP contribution in [0.5, 0.6) is 0 Å². The molecule has 0 aromatic heterocycles. The van der Waals surface area contributed by atoms with E-state index in [4.69, 9.17) is 0 Å². The number of hydrogen-bond acceptors (Lipinski definition) is 3. The normalized spacial score (nSPS) is 21.0. The Hall–Kier alpha value is -1.08. The topological polar surface area (TPSA) is 37.4 Å². The number of alkyl halides is 3. The van der Waals surface area contributed by atoms with Crippen LogP contribution in [0.2, 0.25) is 0 Å². The summed E-state index contributed by atoms with van der Waals surface area (Å²) in [6.07, 6.45) is -3.13. The Kier molecular flexibility index (Phi) is 5.50. The number of halogens is 3. The first-order chi connectivity index (χ1) is 10.3. The summed E-state index contributed by atoms with van der Waals surface area (Å²) in [6.45, 7) is 0.978. The van der Waals surface area contributed by atoms with Gasteiger partial charge < -0.3 is 4.90 Å². The Labute approximate surface area is 129 Å². The minimum atomic E-state index is -4.16. The minimum absolute atomic E-state index is 0.0190. The van der Waals surface area contributed by atoms with Crippen molar-refractivity contribution in [2.24, 2.45) is 5.92 Å². The summed E-state index contributed by atoms with van der Waals surface area (Å²) < 4.78 is 62.4. The van der Waals surface area contributed by atoms with Crippen LogP contribution in [-0.2, 0) is 9.84 Å². The number of piperidine rings is 1. The van der Waals surface area contributed by atoms with Gasteiger partial charge in [0.1, 0.15) is 0 Å². The van der Waals surface area contributed by atoms with E-state index in [0.29, 0.717) is 25.9 Å². The number of hydrogen-bond donors (Lipinski definition) is 0. The fraction of sp³-hybridized carbons (Fsp3) is 0.600. The Balaban J connectivity index is 1.84. The predicted molar refractivity (Wildman–Crippen MR) is 78.3 cm³/mol. The summed E-state index contributed by atoms with van der Waals surface area (Å²) >= 11 is 0. The molecule has 1 saturated heterocycles. The van der Waals surface area contributed by atoms with Crippen LogP contribution in [0, 0.1) is 5.92 Å². The third-order valence-corrected chi connectivity index (χ3v) is 5.77. The highest BCUT2D eigenvalue weighted by Crippen LogP contribution is 2.33. The highest BCUT2D eigenvalue weighted by molar-refractivity contribution is 7.91. The summed E-state index contributed by atoms with van der Waals surface area (Å²) in [4.78, 5) is 1.99. The summed E-state index contributed by atoms with van der Waals surface area (Å²) in [5.74, 6) is -1.32. The number of likely N-dealkylation sites (tertiary alicyclic amines) is 1. The molecular weight excluding hydrogens is 315 g/mol. The second-order valence-electron chi connectivity index (χ2n) is 5.67. The molecule has 0 amide bonds. The fourth-order valence-electron chi connectivity index (χ4n) is 2.75. The van der Waals surface area contributed by atoms with Crippen LogP contribution in [0.1, 0.15) is 19.3 Å². The number of benzene rings is 1. The monoisotopic (exact) mass is 335 g/mol. The fourth-order valence-corrected chi connectivity index (χ4v) is 4.07. The van der Waals surface area contributed by atoms with Crippen LogP contribution in [0.4, 0.5) is 13.2 Å². The van der Waals surface area contributed by atoms with Gasteiger partial charge >= 0.3 is 6.18 Å². The van der Waals surface area contributed by atoms with Gasteiger partial charge in [0.15, 0.2) is 9.84 Å². The molecular formula is C15H20F3NO2S. The highest BCUT2D eigenvalue weighted by atomic mass is 32.2. The molecule has 0 spiro atoms. The zero-order valence-corrected chi connectivity index (χ0v) is 13.0. The number of nitrogens with zero attached hydrogens (tertiary/aromatic N) is 1. The van der Waals surface area contributed by atoms with Crippen LogP contribution in [-0.4, -0.2) is 44.9 Å². The van der Waals surface area contributed by atoms with Crippen LogP contribution < -0.4 is 0 Å². The molecule has 124 valence electrons. The van der Waals surface area contributed by atoms with Gasteiger partial charge in [0.2, 0.25) is 0 Å². The minimum Gasteiger partial charge on any atom is -0.303 e. The molecule has 0 aliphatic carbocycles. The van der Waals surface area contributed by atoms with E-state index in [-0.39, 0.29) is 23.6 Å². The van der Waals surface area contributed by atoms with Gasteiger partial charge in [-0.05, 0) is 44.5 Å². The van der Waals surface area contributed by atoms with Crippen LogP contribution in [0.25, 0.3) is 0 Å². The van der Waals surface area contributed by atoms with Crippen molar-refractivity contribution in [2.75, 3.05) is 25.4 Å². The van der Waals surface area contributed by atoms with E-state index < -0.39 is 21.9 Å². The molecule has 0 radical (unpaired) electrons. The number of sulfone groups is 1. The molecule has 2 rings (SSSR count). The van der Waals surface area contributed by atoms with E-state index in [1.807, 2.05) is 0 Å². The lowest BCUT2D eigenvalue weighted by molar-refractivity contribution is -0.186. The lowest BCUT2D eigenvalue weighted by atomic mass is 9.97. The van der Waals surface area contributed by atoms with Crippen molar-refractivity contribution >= 4 is 9.84 Å². The van der Waals surface area contributed by atoms with Crippen LogP contribution >= 0.6 is 0 Å². The molecule has 0 N–H and O–H groups in total. The highest BCUT2D eigenvalue weighted by Gasteiger charge is 2.41. The molecule has 0 saturated carbocycles. The van der Waals surface area contributed by atoms with Gasteiger partial charge in [-0.15, -0.1) is 0 Å². The van der Waals surface area contributed by atoms with Gasteiger partial charge in [-0.25, -0.2) is 8.42 Å². The van der Waals surface area contributed by atoms with Crippen molar-refractivity contribution in [3.8, 4) is 0 Å². The second-order valence-corrected chi connectivity index (χ2v) is 7.78. The third kappa shape index (κ3) is 4.71. The van der Waals surface area contributed by atoms with Gasteiger partial charge in [-0.1, -0.05) is 18.2 Å². The van der Waals surface area contributed by atoms with E-state index in [1.165, 1.54) is 12.1 Å². The first-order valence-electron chi connectivity index (χ1n) is 7.36. The standard InChI is InChI=1S/C15H20F3NO2S/c16-15(17,18)13-6-4-9-19(12-13)10-5-11-22(20,21)14-7-2-1-3-8-14/h1-3,7-8,13H,4-6,9-12H2/t13-/m0/s1. The smallest absolute Gasteiger partial charge is 0.303 e. The zero-order valence-electron chi connectivity index (χ0n) is 12.2. The molecule has 3 nitrogen and oxygen atoms in total. The van der Waals surface area contributed by atoms with E-state index in [1.54, 1.807) is 23.1 Å². The summed E-state index contributed by atoms with van der Waals surface area (Å²) in [5, 5.41) is 0. The predicted octanol–water partition coefficient (Wildman–Crippen LogP) is 3.12. The molecule has 1 aliphatic heterocycles. The quantitative estimate of drug-likeness (QED) is 0.830. The summed E-state index contributed by atoms with van der Waals surface area (Å²) in [6, 6.07) is 8.13. The van der Waals surface area contributed by atoms with E-state index in [9.17, 15) is 21.6 Å². The van der Waals surface area contributed by atoms with Gasteiger partial charge in [0.05, 0.1) is 16.6 Å². The van der Waals surface area contributed by atoms with Gasteiger partial charge in [0.25, 0.3) is 0 Å². The Bertz CT molecular complexity index is 572. The van der Waals surface area contributed by atoms with Gasteiger partial charge in [-0.2, -0.15) is 13.2 Å². The second kappa shape index (κ2) is 7.00. The molecule has 1 atom stereocenters. The first kappa shape index (κ1) is 17.3. The lowest BCUT2D eigenvalue weighted by Crippen LogP contribution is -2.42. The summed E-state index contributed by atoms with van der Waals surface area (Å²) in [7, 11) is -3.35. The molecule has 1 fully saturated rings. The maximum atomic E-state index is 12.7. The molecule has 0 bridgehead atoms. The van der Waals surface area contributed by atoms with Crippen LogP contribution in [0.15, 0.2) is 35.2 Å². The SMILES string of the molecule is O=S(=O)(CCCN1CCC[C@H](C(F)(F)F)C1)c1ccccc1. The van der Waals surface area contributed by atoms with Crippen molar-refractivity contribution in [1.82, 2.24) is 4.90 Å². The van der Waals surface area contributed by atoms with Crippen molar-refractivity contribution in [1.29, 1.82) is 0 Å². The molecule has 1 aliphatic rings. The maximum Gasteiger partial charge on any atom is 0.393 e. The lowest BCUT2D eigenvalue weighted by Gasteiger charge is -2.33. The Morgan fingerprint density at radius 2 is 1.86 bits per heavy atom. The van der Waals surface area contributed by atoms with Crippen molar-refractivity contribution < 1.29 is 21.6 Å². The molecule has 1 aromatic carbocycles. The van der Waals surface area contributed by atoms with Gasteiger partial charge in [-0.3, -0.25) is 0 Å². The summed E-state index contributed by atoms with van der Waals surface area (Å²) in [5.41, 5.74) is 0. The van der Waals surface area contributed by atoms with E-state index in [0.717, 1.165) is 0 Å². The zero-order chi connectivity index (χ0) is 16.2. The number of rotatable bonds is 5. The molecule has 7 heteroatoms. The van der Waals surface area contributed by atoms with E-state index in [2.05, 4.69) is 0 Å². The van der Waals surface area contributed by atoms with Gasteiger partial charge in [0, 0.05) is 6.54 Å². The average Bonchev–Trinajstić information content (AvgIpc) is 2.47. The molecule has 0 unspecified atom stereocenters. The molecule has 22 heavy (non-hydrogen) atoms. The van der Waals surface area contributed by atoms with E-state index >= 15 is 0 Å². The van der Waals surface area contributed by atoms with Crippen molar-refractivity contribution in [3.05, 3.63) is 30.3 Å². The maximum absolute atomic E-state index is 12.7. The third-order valence-electron chi connectivity index (χ3n) is 3.96. The Morgan fingerprint density at radius 1 is 1.18 bits per heavy atom. The van der Waals surface area contributed by atoms with Crippen LogP contribution in [0.3, 0.4) is 0 Å². The molecule has 1 aromatic rings. The largest absolute Gasteiger partial charge is 0.393 e. The first-order valence-corrected chi connectivity index (χ1v) is 9.01. The molecule has 1 heterocycles. The Morgan fingerprint density at radius 3 is 2.50 bits per heavy atom.